The van der Waals surface area contributed by atoms with Crippen LogP contribution in [0, 0.1) is 0 Å². The van der Waals surface area contributed by atoms with Crippen LogP contribution in [0.1, 0.15) is 27.7 Å². The molecule has 0 aromatic carbocycles. The van der Waals surface area contributed by atoms with Gasteiger partial charge in [0.25, 0.3) is 0 Å². The van der Waals surface area contributed by atoms with Crippen molar-refractivity contribution in [2.45, 2.75) is 64.1 Å². The fourth-order valence-electron chi connectivity index (χ4n) is 2.74. The van der Waals surface area contributed by atoms with E-state index in [0.29, 0.717) is 0 Å². The minimum atomic E-state index is -1.06. The molecule has 9 heteroatoms. The lowest BCUT2D eigenvalue weighted by molar-refractivity contribution is -0.217. The number of hydrogen-bond acceptors (Lipinski definition) is 9. The van der Waals surface area contributed by atoms with Crippen molar-refractivity contribution in [3.63, 3.8) is 0 Å². The zero-order valence-corrected chi connectivity index (χ0v) is 14.7. The molecular formula is C16H25NO8. The van der Waals surface area contributed by atoms with Crippen molar-refractivity contribution in [3.8, 4) is 0 Å². The molecule has 0 bridgehead atoms. The Morgan fingerprint density at radius 2 is 2.08 bits per heavy atom. The molecule has 2 aliphatic rings. The average Bonchev–Trinajstić information content (AvgIpc) is 2.97. The third-order valence-corrected chi connectivity index (χ3v) is 3.90. The Morgan fingerprint density at radius 1 is 1.40 bits per heavy atom. The Kier molecular flexibility index (Phi) is 6.17. The number of nitrogens with zero attached hydrogens (tertiary/aromatic N) is 1. The van der Waals surface area contributed by atoms with Crippen molar-refractivity contribution in [3.05, 3.63) is 11.3 Å². The summed E-state index contributed by atoms with van der Waals surface area (Å²) in [6.07, 6.45) is -2.30. The first-order chi connectivity index (χ1) is 11.7. The molecule has 9 nitrogen and oxygen atoms in total. The molecule has 0 unspecified atom stereocenters. The largest absolute Gasteiger partial charge is 0.512 e. The first kappa shape index (κ1) is 19.8. The fourth-order valence-corrected chi connectivity index (χ4v) is 2.74. The SMILES string of the molecule is CCOC(=O)/C(C=N[C@H](CO)[C@H]1O[C@@H]2OC(C)(C)O[C@@H]2[C@H]1O)=C(\C)O. The summed E-state index contributed by atoms with van der Waals surface area (Å²) in [5.41, 5.74) is -0.137. The molecule has 25 heavy (non-hydrogen) atoms. The third kappa shape index (κ3) is 4.36. The molecule has 0 amide bonds. The van der Waals surface area contributed by atoms with Gasteiger partial charge in [-0.1, -0.05) is 0 Å². The highest BCUT2D eigenvalue weighted by Crippen LogP contribution is 2.38. The number of hydrogen-bond donors (Lipinski definition) is 3. The molecule has 2 heterocycles. The van der Waals surface area contributed by atoms with Gasteiger partial charge in [-0.3, -0.25) is 4.99 Å². The summed E-state index contributed by atoms with van der Waals surface area (Å²) in [6, 6.07) is -0.875. The van der Waals surface area contributed by atoms with E-state index in [-0.39, 0.29) is 17.9 Å². The van der Waals surface area contributed by atoms with Gasteiger partial charge in [-0.05, 0) is 27.7 Å². The van der Waals surface area contributed by atoms with Gasteiger partial charge < -0.3 is 34.3 Å². The molecule has 142 valence electrons. The lowest BCUT2D eigenvalue weighted by Crippen LogP contribution is -2.41. The first-order valence-electron chi connectivity index (χ1n) is 8.10. The van der Waals surface area contributed by atoms with Gasteiger partial charge >= 0.3 is 5.97 Å². The Bertz CT molecular complexity index is 554. The summed E-state index contributed by atoms with van der Waals surface area (Å²) in [5, 5.41) is 29.6. The number of aliphatic hydroxyl groups is 3. The number of ether oxygens (including phenoxy) is 4. The normalized spacial score (nSPS) is 33.2. The van der Waals surface area contributed by atoms with Gasteiger partial charge in [0, 0.05) is 6.21 Å². The number of aliphatic hydroxyl groups excluding tert-OH is 3. The maximum Gasteiger partial charge on any atom is 0.343 e. The number of fused-ring (bicyclic) bond motifs is 1. The van der Waals surface area contributed by atoms with Crippen LogP contribution in [0.25, 0.3) is 0 Å². The standard InChI is InChI=1S/C16H25NO8/c1-5-22-14(21)9(8(2)19)6-17-10(7-18)12-11(20)13-15(23-12)25-16(3,4)24-13/h6,10-13,15,18-20H,5,7H2,1-4H3/b9-8+,17-6?/t10-,11+,12-,13-,15-/m1/s1. The lowest BCUT2D eigenvalue weighted by atomic mass is 10.0. The summed E-state index contributed by atoms with van der Waals surface area (Å²) in [6.45, 7) is 6.07. The number of allylic oxidation sites excluding steroid dienone is 1. The summed E-state index contributed by atoms with van der Waals surface area (Å²) in [4.78, 5) is 15.9. The van der Waals surface area contributed by atoms with E-state index in [2.05, 4.69) is 4.99 Å². The molecule has 0 radical (unpaired) electrons. The summed E-state index contributed by atoms with van der Waals surface area (Å²) in [7, 11) is 0. The van der Waals surface area contributed by atoms with Gasteiger partial charge in [0.1, 0.15) is 35.7 Å². The minimum Gasteiger partial charge on any atom is -0.512 e. The highest BCUT2D eigenvalue weighted by atomic mass is 16.8. The molecule has 2 rings (SSSR count). The molecule has 0 aliphatic carbocycles. The Hall–Kier alpha value is -1.52. The van der Waals surface area contributed by atoms with Crippen LogP contribution in [0.15, 0.2) is 16.3 Å². The zero-order valence-electron chi connectivity index (χ0n) is 14.7. The molecule has 0 saturated carbocycles. The monoisotopic (exact) mass is 359 g/mol. The molecule has 5 atom stereocenters. The van der Waals surface area contributed by atoms with Gasteiger partial charge in [0.15, 0.2) is 12.1 Å². The number of carbonyl (C=O) groups is 1. The molecule has 2 aliphatic heterocycles. The van der Waals surface area contributed by atoms with Gasteiger partial charge in [-0.25, -0.2) is 4.79 Å². The van der Waals surface area contributed by atoms with Crippen molar-refractivity contribution >= 4 is 12.2 Å². The van der Waals surface area contributed by atoms with E-state index in [9.17, 15) is 20.1 Å². The number of esters is 1. The van der Waals surface area contributed by atoms with Crippen LogP contribution in [-0.4, -0.2) is 77.1 Å². The van der Waals surface area contributed by atoms with E-state index in [1.54, 1.807) is 20.8 Å². The summed E-state index contributed by atoms with van der Waals surface area (Å²) < 4.78 is 21.6. The van der Waals surface area contributed by atoms with Crippen LogP contribution in [0.4, 0.5) is 0 Å². The predicted octanol–water partition coefficient (Wildman–Crippen LogP) is 0.0505. The number of rotatable bonds is 6. The number of carbonyl (C=O) groups excluding carboxylic acids is 1. The molecule has 3 N–H and O–H groups in total. The Morgan fingerprint density at radius 3 is 2.60 bits per heavy atom. The van der Waals surface area contributed by atoms with Crippen LogP contribution >= 0.6 is 0 Å². The lowest BCUT2D eigenvalue weighted by Gasteiger charge is -2.25. The van der Waals surface area contributed by atoms with Crippen LogP contribution < -0.4 is 0 Å². The van der Waals surface area contributed by atoms with Gasteiger partial charge in [-0.2, -0.15) is 0 Å². The first-order valence-corrected chi connectivity index (χ1v) is 8.10. The van der Waals surface area contributed by atoms with Crippen LogP contribution in [-0.2, 0) is 23.7 Å². The third-order valence-electron chi connectivity index (χ3n) is 3.90. The predicted molar refractivity (Wildman–Crippen MR) is 86.0 cm³/mol. The van der Waals surface area contributed by atoms with Crippen LogP contribution in [0.3, 0.4) is 0 Å². The van der Waals surface area contributed by atoms with E-state index >= 15 is 0 Å². The van der Waals surface area contributed by atoms with E-state index in [4.69, 9.17) is 18.9 Å². The smallest absolute Gasteiger partial charge is 0.343 e. The van der Waals surface area contributed by atoms with Crippen LogP contribution in [0.5, 0.6) is 0 Å². The summed E-state index contributed by atoms with van der Waals surface area (Å²) in [5.74, 6) is -1.87. The highest BCUT2D eigenvalue weighted by molar-refractivity contribution is 6.09. The van der Waals surface area contributed by atoms with Gasteiger partial charge in [-0.15, -0.1) is 0 Å². The van der Waals surface area contributed by atoms with Crippen molar-refractivity contribution in [1.82, 2.24) is 0 Å². The van der Waals surface area contributed by atoms with E-state index < -0.39 is 49.0 Å². The van der Waals surface area contributed by atoms with Crippen molar-refractivity contribution in [2.24, 2.45) is 4.99 Å². The Balaban J connectivity index is 2.10. The second-order valence-electron chi connectivity index (χ2n) is 6.31. The second-order valence-corrected chi connectivity index (χ2v) is 6.31. The number of aliphatic imine (C=N–C) groups is 1. The van der Waals surface area contributed by atoms with Crippen molar-refractivity contribution in [2.75, 3.05) is 13.2 Å². The van der Waals surface area contributed by atoms with E-state index in [1.165, 1.54) is 6.92 Å². The quantitative estimate of drug-likeness (QED) is 0.263. The Labute approximate surface area is 145 Å². The molecule has 2 fully saturated rings. The second kappa shape index (κ2) is 7.79. The molecular weight excluding hydrogens is 334 g/mol. The topological polar surface area (TPSA) is 127 Å². The maximum atomic E-state index is 11.8. The molecule has 2 saturated heterocycles. The van der Waals surface area contributed by atoms with Crippen molar-refractivity contribution < 1.29 is 39.1 Å². The molecule has 0 spiro atoms. The average molecular weight is 359 g/mol. The zero-order chi connectivity index (χ0) is 18.8. The molecule has 0 aromatic rings. The fraction of sp³-hybridized carbons (Fsp3) is 0.750. The van der Waals surface area contributed by atoms with Gasteiger partial charge in [0.2, 0.25) is 0 Å². The maximum absolute atomic E-state index is 11.8. The van der Waals surface area contributed by atoms with Crippen LogP contribution in [0.2, 0.25) is 0 Å². The van der Waals surface area contributed by atoms with E-state index in [0.717, 1.165) is 6.21 Å². The minimum absolute atomic E-state index is 0.137. The summed E-state index contributed by atoms with van der Waals surface area (Å²) >= 11 is 0. The highest BCUT2D eigenvalue weighted by Gasteiger charge is 2.55. The van der Waals surface area contributed by atoms with Gasteiger partial charge in [0.05, 0.1) is 13.2 Å². The van der Waals surface area contributed by atoms with Crippen molar-refractivity contribution in [1.29, 1.82) is 0 Å². The van der Waals surface area contributed by atoms with E-state index in [1.807, 2.05) is 0 Å². The molecule has 0 aromatic heterocycles.